The average Bonchev–Trinajstić information content (AvgIpc) is 3.28. The van der Waals surface area contributed by atoms with Crippen LogP contribution in [0.2, 0.25) is 0 Å². The summed E-state index contributed by atoms with van der Waals surface area (Å²) in [4.78, 5) is 31.7. The highest BCUT2D eigenvalue weighted by molar-refractivity contribution is 6.38. The van der Waals surface area contributed by atoms with Gasteiger partial charge in [0, 0.05) is 0 Å². The lowest BCUT2D eigenvalue weighted by atomic mass is 10.1. The first-order chi connectivity index (χ1) is 20.4. The third-order valence-electron chi connectivity index (χ3n) is 7.68. The zero-order valence-electron chi connectivity index (χ0n) is 23.7. The van der Waals surface area contributed by atoms with Gasteiger partial charge < -0.3 is 0 Å². The fourth-order valence-corrected chi connectivity index (χ4v) is 5.76. The number of hydrogen-bond acceptors (Lipinski definition) is 8. The summed E-state index contributed by atoms with van der Waals surface area (Å²) in [7, 11) is 0. The third-order valence-corrected chi connectivity index (χ3v) is 7.68. The van der Waals surface area contributed by atoms with Gasteiger partial charge in [-0.3, -0.25) is 19.6 Å². The smallest absolute Gasteiger partial charge is 0.206 e. The maximum absolute atomic E-state index is 12.5. The minimum Gasteiger partial charge on any atom is -0.287 e. The van der Waals surface area contributed by atoms with Crippen molar-refractivity contribution in [3.63, 3.8) is 0 Å². The van der Waals surface area contributed by atoms with E-state index in [4.69, 9.17) is 9.97 Å². The Morgan fingerprint density at radius 1 is 0.667 bits per heavy atom. The SMILES string of the molecule is Cc1cccc(C)c1N1C(=C/C=C2/N=CC(=O)c3ccnnc32)N(c2c(C)cccc2C)c2nc3ccccc3nc21. The molecule has 204 valence electrons. The summed E-state index contributed by atoms with van der Waals surface area (Å²) in [5.74, 6) is 2.12. The number of ketones is 1. The number of benzene rings is 3. The van der Waals surface area contributed by atoms with Crippen LogP contribution in [0.5, 0.6) is 0 Å². The molecule has 0 atom stereocenters. The van der Waals surface area contributed by atoms with Gasteiger partial charge >= 0.3 is 0 Å². The topological polar surface area (TPSA) is 87.5 Å². The Labute approximate surface area is 243 Å². The summed E-state index contributed by atoms with van der Waals surface area (Å²) in [6.45, 7) is 8.43. The molecule has 8 nitrogen and oxygen atoms in total. The van der Waals surface area contributed by atoms with E-state index < -0.39 is 0 Å². The second-order valence-electron chi connectivity index (χ2n) is 10.5. The van der Waals surface area contributed by atoms with E-state index in [1.807, 2.05) is 36.4 Å². The number of nitrogens with zero attached hydrogens (tertiary/aromatic N) is 7. The highest BCUT2D eigenvalue weighted by Crippen LogP contribution is 2.51. The Morgan fingerprint density at radius 3 is 1.76 bits per heavy atom. The molecule has 2 aliphatic heterocycles. The summed E-state index contributed by atoms with van der Waals surface area (Å²) < 4.78 is 0. The molecule has 4 heterocycles. The van der Waals surface area contributed by atoms with Crippen molar-refractivity contribution in [1.82, 2.24) is 20.2 Å². The predicted molar refractivity (Wildman–Crippen MR) is 167 cm³/mol. The zero-order chi connectivity index (χ0) is 29.0. The van der Waals surface area contributed by atoms with Gasteiger partial charge in [-0.15, -0.1) is 5.10 Å². The molecule has 42 heavy (non-hydrogen) atoms. The van der Waals surface area contributed by atoms with E-state index in [1.165, 1.54) is 12.4 Å². The first-order valence-corrected chi connectivity index (χ1v) is 13.7. The van der Waals surface area contributed by atoms with Gasteiger partial charge in [-0.1, -0.05) is 48.5 Å². The average molecular weight is 550 g/mol. The first kappa shape index (κ1) is 25.5. The van der Waals surface area contributed by atoms with Crippen LogP contribution in [0.1, 0.15) is 38.3 Å². The van der Waals surface area contributed by atoms with E-state index >= 15 is 0 Å². The molecule has 0 unspecified atom stereocenters. The number of aliphatic imine (C=N–C) groups is 1. The Bertz CT molecular complexity index is 1880. The molecular weight excluding hydrogens is 522 g/mol. The van der Waals surface area contributed by atoms with Crippen molar-refractivity contribution in [3.05, 3.63) is 124 Å². The molecule has 0 fully saturated rings. The van der Waals surface area contributed by atoms with Crippen LogP contribution in [0.15, 0.2) is 95.9 Å². The first-order valence-electron chi connectivity index (χ1n) is 13.7. The molecule has 0 saturated heterocycles. The van der Waals surface area contributed by atoms with Gasteiger partial charge in [-0.05, 0) is 80.3 Å². The maximum atomic E-state index is 12.5. The molecular formula is C34H27N7O. The largest absolute Gasteiger partial charge is 0.287 e. The lowest BCUT2D eigenvalue weighted by molar-refractivity contribution is 0.106. The van der Waals surface area contributed by atoms with Gasteiger partial charge in [0.15, 0.2) is 11.6 Å². The lowest BCUT2D eigenvalue weighted by Gasteiger charge is -2.28. The summed E-state index contributed by atoms with van der Waals surface area (Å²) in [5.41, 5.74) is 9.60. The normalized spacial score (nSPS) is 15.0. The summed E-state index contributed by atoms with van der Waals surface area (Å²) in [6, 6.07) is 22.2. The van der Waals surface area contributed by atoms with Crippen LogP contribution in [0, 0.1) is 27.7 Å². The molecule has 0 bridgehead atoms. The zero-order valence-corrected chi connectivity index (χ0v) is 23.7. The Kier molecular flexibility index (Phi) is 5.97. The monoisotopic (exact) mass is 549 g/mol. The molecule has 0 N–H and O–H groups in total. The highest BCUT2D eigenvalue weighted by atomic mass is 16.1. The lowest BCUT2D eigenvalue weighted by Crippen LogP contribution is -2.24. The van der Waals surface area contributed by atoms with E-state index in [9.17, 15) is 4.79 Å². The van der Waals surface area contributed by atoms with Crippen molar-refractivity contribution in [2.45, 2.75) is 27.7 Å². The maximum Gasteiger partial charge on any atom is 0.206 e. The third kappa shape index (κ3) is 3.99. The molecule has 5 aromatic rings. The van der Waals surface area contributed by atoms with Crippen molar-refractivity contribution in [3.8, 4) is 0 Å². The minimum atomic E-state index is -0.188. The van der Waals surface area contributed by atoms with Crippen LogP contribution in [-0.4, -0.2) is 32.2 Å². The van der Waals surface area contributed by atoms with E-state index in [0.29, 0.717) is 17.0 Å². The second-order valence-corrected chi connectivity index (χ2v) is 10.5. The summed E-state index contributed by atoms with van der Waals surface area (Å²) >= 11 is 0. The number of rotatable bonds is 3. The molecule has 0 spiro atoms. The fourth-order valence-electron chi connectivity index (χ4n) is 5.76. The second kappa shape index (κ2) is 9.85. The van der Waals surface area contributed by atoms with Crippen LogP contribution in [-0.2, 0) is 0 Å². The van der Waals surface area contributed by atoms with Crippen molar-refractivity contribution in [2.24, 2.45) is 4.99 Å². The molecule has 0 amide bonds. The Morgan fingerprint density at radius 2 is 1.21 bits per heavy atom. The van der Waals surface area contributed by atoms with Gasteiger partial charge in [0.2, 0.25) is 5.78 Å². The number of Topliss-reactive ketones (excluding diaryl/α,β-unsaturated/α-hetero) is 1. The molecule has 0 radical (unpaired) electrons. The number of para-hydroxylation sites is 4. The number of allylic oxidation sites excluding steroid dienone is 2. The number of carbonyl (C=O) groups is 1. The molecule has 0 saturated carbocycles. The van der Waals surface area contributed by atoms with Crippen molar-refractivity contribution < 1.29 is 4.79 Å². The van der Waals surface area contributed by atoms with E-state index in [0.717, 1.165) is 62.1 Å². The standard InChI is InChI=1S/C34H27N7O/c1-20-9-7-10-21(2)31(20)40-29(16-15-27-30-24(17-18-36-39-30)28(42)19-35-27)41(32-22(3)11-8-12-23(32)4)34-33(40)37-25-13-5-6-14-26(25)38-34/h5-19H,1-4H3/b27-15+. The van der Waals surface area contributed by atoms with Gasteiger partial charge in [-0.2, -0.15) is 5.10 Å². The van der Waals surface area contributed by atoms with E-state index in [2.05, 4.69) is 89.1 Å². The molecule has 3 aromatic carbocycles. The van der Waals surface area contributed by atoms with E-state index in [1.54, 1.807) is 6.07 Å². The van der Waals surface area contributed by atoms with Crippen LogP contribution in [0.4, 0.5) is 23.0 Å². The Hall–Kier alpha value is -5.50. The van der Waals surface area contributed by atoms with Crippen LogP contribution in [0.25, 0.3) is 16.7 Å². The number of aryl methyl sites for hydroxylation is 4. The van der Waals surface area contributed by atoms with Gasteiger partial charge in [-0.25, -0.2) is 9.97 Å². The molecule has 0 aliphatic carbocycles. The van der Waals surface area contributed by atoms with Crippen LogP contribution >= 0.6 is 0 Å². The van der Waals surface area contributed by atoms with Crippen molar-refractivity contribution >= 4 is 51.7 Å². The number of aromatic nitrogens is 4. The highest BCUT2D eigenvalue weighted by Gasteiger charge is 2.39. The number of carbonyl (C=O) groups excluding carboxylic acids is 1. The van der Waals surface area contributed by atoms with E-state index in [-0.39, 0.29) is 5.78 Å². The van der Waals surface area contributed by atoms with Crippen LogP contribution < -0.4 is 9.80 Å². The Balaban J connectivity index is 1.55. The fraction of sp³-hybridized carbons (Fsp3) is 0.118. The molecule has 7 rings (SSSR count). The predicted octanol–water partition coefficient (Wildman–Crippen LogP) is 7.09. The summed E-state index contributed by atoms with van der Waals surface area (Å²) in [5, 5.41) is 8.27. The molecule has 2 aliphatic rings. The molecule has 2 aromatic heterocycles. The van der Waals surface area contributed by atoms with Crippen molar-refractivity contribution in [2.75, 3.05) is 9.80 Å². The number of hydrogen-bond donors (Lipinski definition) is 0. The van der Waals surface area contributed by atoms with Crippen molar-refractivity contribution in [1.29, 1.82) is 0 Å². The molecule has 8 heteroatoms. The van der Waals surface area contributed by atoms with Gasteiger partial charge in [0.1, 0.15) is 11.5 Å². The minimum absolute atomic E-state index is 0.188. The summed E-state index contributed by atoms with van der Waals surface area (Å²) in [6.07, 6.45) is 6.75. The van der Waals surface area contributed by atoms with Crippen LogP contribution in [0.3, 0.4) is 0 Å². The van der Waals surface area contributed by atoms with Gasteiger partial charge in [0.25, 0.3) is 0 Å². The number of anilines is 4. The quantitative estimate of drug-likeness (QED) is 0.237. The number of fused-ring (bicyclic) bond motifs is 3. The van der Waals surface area contributed by atoms with Gasteiger partial charge in [0.05, 0.1) is 46.1 Å².